The van der Waals surface area contributed by atoms with Gasteiger partial charge in [-0.15, -0.1) is 0 Å². The summed E-state index contributed by atoms with van der Waals surface area (Å²) in [5.74, 6) is 0. The summed E-state index contributed by atoms with van der Waals surface area (Å²) in [6, 6.07) is 11.5. The number of benzene rings is 1. The zero-order valence-electron chi connectivity index (χ0n) is 11.0. The first-order chi connectivity index (χ1) is 9.76. The lowest BCUT2D eigenvalue weighted by Gasteiger charge is -2.07. The topological polar surface area (TPSA) is 61.8 Å². The third kappa shape index (κ3) is 1.77. The maximum atomic E-state index is 9.70. The summed E-state index contributed by atoms with van der Waals surface area (Å²) >= 11 is 0. The van der Waals surface area contributed by atoms with Gasteiger partial charge in [-0.05, 0) is 42.8 Å². The molecule has 0 atom stereocenters. The van der Waals surface area contributed by atoms with Crippen LogP contribution in [0.5, 0.6) is 0 Å². The zero-order chi connectivity index (χ0) is 14.1. The fourth-order valence-electron chi connectivity index (χ4n) is 2.61. The predicted molar refractivity (Wildman–Crippen MR) is 76.8 cm³/mol. The van der Waals surface area contributed by atoms with Gasteiger partial charge in [0.2, 0.25) is 0 Å². The highest BCUT2D eigenvalue weighted by Crippen LogP contribution is 2.33. The lowest BCUT2D eigenvalue weighted by molar-refractivity contribution is 0.217. The van der Waals surface area contributed by atoms with Crippen LogP contribution in [0.25, 0.3) is 22.2 Å². The normalized spacial score (nSPS) is 10.7. The summed E-state index contributed by atoms with van der Waals surface area (Å²) in [6.07, 6.45) is 3.50. The maximum absolute atomic E-state index is 9.70. The number of hydrogen-bond donors (Lipinski definition) is 1. The molecule has 0 aliphatic heterocycles. The van der Waals surface area contributed by atoms with Crippen LogP contribution in [-0.2, 0) is 6.73 Å². The molecular formula is C16H13N3O. The summed E-state index contributed by atoms with van der Waals surface area (Å²) < 4.78 is 1.84. The van der Waals surface area contributed by atoms with Crippen molar-refractivity contribution in [3.63, 3.8) is 0 Å². The van der Waals surface area contributed by atoms with Gasteiger partial charge in [0.15, 0.2) is 0 Å². The number of rotatable bonds is 2. The Morgan fingerprint density at radius 3 is 2.85 bits per heavy atom. The molecule has 0 unspecified atom stereocenters. The van der Waals surface area contributed by atoms with E-state index in [2.05, 4.69) is 11.1 Å². The Morgan fingerprint density at radius 2 is 2.20 bits per heavy atom. The quantitative estimate of drug-likeness (QED) is 0.773. The van der Waals surface area contributed by atoms with Crippen LogP contribution in [0.1, 0.15) is 11.1 Å². The molecule has 0 spiro atoms. The third-order valence-corrected chi connectivity index (χ3v) is 3.52. The number of aliphatic hydroxyl groups excluding tert-OH is 1. The van der Waals surface area contributed by atoms with Gasteiger partial charge in [0.25, 0.3) is 0 Å². The van der Waals surface area contributed by atoms with E-state index < -0.39 is 0 Å². The van der Waals surface area contributed by atoms with Crippen molar-refractivity contribution < 1.29 is 5.11 Å². The molecule has 2 heterocycles. The van der Waals surface area contributed by atoms with Crippen molar-refractivity contribution >= 4 is 10.9 Å². The SMILES string of the molecule is Cc1c(-c2cccnc2)n(CO)c2ccc(C#N)cc12. The molecule has 0 amide bonds. The molecule has 98 valence electrons. The summed E-state index contributed by atoms with van der Waals surface area (Å²) in [6.45, 7) is 1.89. The summed E-state index contributed by atoms with van der Waals surface area (Å²) in [4.78, 5) is 4.13. The van der Waals surface area contributed by atoms with E-state index >= 15 is 0 Å². The van der Waals surface area contributed by atoms with Crippen LogP contribution >= 0.6 is 0 Å². The van der Waals surface area contributed by atoms with Gasteiger partial charge in [-0.1, -0.05) is 0 Å². The van der Waals surface area contributed by atoms with Crippen molar-refractivity contribution in [1.29, 1.82) is 5.26 Å². The largest absolute Gasteiger partial charge is 0.376 e. The molecule has 0 aliphatic rings. The van der Waals surface area contributed by atoms with Crippen LogP contribution in [0.4, 0.5) is 0 Å². The monoisotopic (exact) mass is 263 g/mol. The van der Waals surface area contributed by atoms with E-state index in [1.165, 1.54) is 0 Å². The summed E-state index contributed by atoms with van der Waals surface area (Å²) in [5.41, 5.74) is 4.47. The molecule has 0 radical (unpaired) electrons. The molecule has 20 heavy (non-hydrogen) atoms. The highest BCUT2D eigenvalue weighted by Gasteiger charge is 2.15. The van der Waals surface area contributed by atoms with E-state index in [4.69, 9.17) is 5.26 Å². The van der Waals surface area contributed by atoms with Crippen molar-refractivity contribution in [2.75, 3.05) is 0 Å². The molecule has 0 saturated carbocycles. The second kappa shape index (κ2) is 4.80. The van der Waals surface area contributed by atoms with E-state index in [1.807, 2.05) is 35.8 Å². The van der Waals surface area contributed by atoms with Crippen molar-refractivity contribution in [1.82, 2.24) is 9.55 Å². The Balaban J connectivity index is 2.38. The van der Waals surface area contributed by atoms with Gasteiger partial charge in [-0.2, -0.15) is 5.26 Å². The van der Waals surface area contributed by atoms with Crippen LogP contribution in [-0.4, -0.2) is 14.7 Å². The fourth-order valence-corrected chi connectivity index (χ4v) is 2.61. The van der Waals surface area contributed by atoms with Crippen LogP contribution in [0.2, 0.25) is 0 Å². The minimum Gasteiger partial charge on any atom is -0.376 e. The Kier molecular flexibility index (Phi) is 2.97. The average Bonchev–Trinajstić information content (AvgIpc) is 2.80. The van der Waals surface area contributed by atoms with Crippen LogP contribution < -0.4 is 0 Å². The second-order valence-corrected chi connectivity index (χ2v) is 4.63. The van der Waals surface area contributed by atoms with Crippen molar-refractivity contribution in [2.24, 2.45) is 0 Å². The van der Waals surface area contributed by atoms with Crippen molar-refractivity contribution in [2.45, 2.75) is 13.7 Å². The van der Waals surface area contributed by atoms with E-state index in [1.54, 1.807) is 18.5 Å². The predicted octanol–water partition coefficient (Wildman–Crippen LogP) is 2.83. The van der Waals surface area contributed by atoms with Gasteiger partial charge >= 0.3 is 0 Å². The van der Waals surface area contributed by atoms with Crippen molar-refractivity contribution in [3.8, 4) is 17.3 Å². The molecular weight excluding hydrogens is 250 g/mol. The highest BCUT2D eigenvalue weighted by molar-refractivity contribution is 5.92. The molecule has 0 fully saturated rings. The highest BCUT2D eigenvalue weighted by atomic mass is 16.3. The number of fused-ring (bicyclic) bond motifs is 1. The molecule has 1 N–H and O–H groups in total. The fraction of sp³-hybridized carbons (Fsp3) is 0.125. The Hall–Kier alpha value is -2.64. The summed E-state index contributed by atoms with van der Waals surface area (Å²) in [5, 5.41) is 19.7. The van der Waals surface area contributed by atoms with E-state index in [0.29, 0.717) is 5.56 Å². The van der Waals surface area contributed by atoms with E-state index in [0.717, 1.165) is 27.7 Å². The van der Waals surface area contributed by atoms with Gasteiger partial charge in [-0.3, -0.25) is 4.98 Å². The Labute approximate surface area is 116 Å². The van der Waals surface area contributed by atoms with Gasteiger partial charge in [-0.25, -0.2) is 0 Å². The molecule has 1 aromatic carbocycles. The number of nitriles is 1. The zero-order valence-corrected chi connectivity index (χ0v) is 11.0. The first-order valence-corrected chi connectivity index (χ1v) is 6.30. The third-order valence-electron chi connectivity index (χ3n) is 3.52. The van der Waals surface area contributed by atoms with Gasteiger partial charge in [0.05, 0.1) is 22.8 Å². The van der Waals surface area contributed by atoms with Crippen LogP contribution in [0.15, 0.2) is 42.7 Å². The van der Waals surface area contributed by atoms with Gasteiger partial charge in [0.1, 0.15) is 6.73 Å². The molecule has 4 heteroatoms. The number of aryl methyl sites for hydroxylation is 1. The second-order valence-electron chi connectivity index (χ2n) is 4.63. The molecule has 4 nitrogen and oxygen atoms in total. The van der Waals surface area contributed by atoms with Crippen molar-refractivity contribution in [3.05, 3.63) is 53.9 Å². The smallest absolute Gasteiger partial charge is 0.120 e. The van der Waals surface area contributed by atoms with Gasteiger partial charge in [0, 0.05) is 23.3 Å². The van der Waals surface area contributed by atoms with Crippen LogP contribution in [0.3, 0.4) is 0 Å². The number of pyridine rings is 1. The van der Waals surface area contributed by atoms with E-state index in [-0.39, 0.29) is 6.73 Å². The first kappa shape index (κ1) is 12.4. The molecule has 0 bridgehead atoms. The summed E-state index contributed by atoms with van der Waals surface area (Å²) in [7, 11) is 0. The number of aromatic nitrogens is 2. The minimum atomic E-state index is -0.111. The lowest BCUT2D eigenvalue weighted by Crippen LogP contribution is -1.99. The number of aliphatic hydroxyl groups is 1. The Morgan fingerprint density at radius 1 is 1.35 bits per heavy atom. The molecule has 2 aromatic heterocycles. The van der Waals surface area contributed by atoms with E-state index in [9.17, 15) is 5.11 Å². The maximum Gasteiger partial charge on any atom is 0.120 e. The molecule has 3 aromatic rings. The molecule has 3 rings (SSSR count). The molecule has 0 saturated heterocycles. The minimum absolute atomic E-state index is 0.111. The lowest BCUT2D eigenvalue weighted by atomic mass is 10.1. The van der Waals surface area contributed by atoms with Gasteiger partial charge < -0.3 is 9.67 Å². The molecule has 0 aliphatic carbocycles. The standard InChI is InChI=1S/C16H13N3O/c1-11-14-7-12(8-17)4-5-15(14)19(10-20)16(11)13-3-2-6-18-9-13/h2-7,9,20H,10H2,1H3. The number of nitrogens with zero attached hydrogens (tertiary/aromatic N) is 3. The number of hydrogen-bond acceptors (Lipinski definition) is 3. The Bertz CT molecular complexity index is 813. The van der Waals surface area contributed by atoms with Crippen LogP contribution in [0, 0.1) is 18.3 Å². The average molecular weight is 263 g/mol. The first-order valence-electron chi connectivity index (χ1n) is 6.30.